The van der Waals surface area contributed by atoms with Gasteiger partial charge in [0.1, 0.15) is 0 Å². The molecule has 0 aliphatic carbocycles. The van der Waals surface area contributed by atoms with Crippen molar-refractivity contribution in [1.82, 2.24) is 15.4 Å². The minimum absolute atomic E-state index is 0. The van der Waals surface area contributed by atoms with Crippen molar-refractivity contribution < 1.29 is 14.8 Å². The van der Waals surface area contributed by atoms with Crippen molar-refractivity contribution in [2.75, 3.05) is 13.1 Å². The topological polar surface area (TPSA) is 106 Å². The van der Waals surface area contributed by atoms with Crippen LogP contribution in [0.25, 0.3) is 12.2 Å². The molecule has 31 heavy (non-hydrogen) atoms. The van der Waals surface area contributed by atoms with Gasteiger partial charge in [-0.05, 0) is 42.7 Å². The Morgan fingerprint density at radius 2 is 1.65 bits per heavy atom. The number of rotatable bonds is 5. The van der Waals surface area contributed by atoms with Gasteiger partial charge in [0.15, 0.2) is 0 Å². The van der Waals surface area contributed by atoms with Crippen LogP contribution in [0.3, 0.4) is 0 Å². The first-order valence-electron chi connectivity index (χ1n) is 9.59. The van der Waals surface area contributed by atoms with Crippen LogP contribution < -0.4 is 5.48 Å². The Kier molecular flexibility index (Phi) is 8.50. The molecule has 1 saturated heterocycles. The summed E-state index contributed by atoms with van der Waals surface area (Å²) in [5.74, 6) is -0.779. The third kappa shape index (κ3) is 6.01. The second kappa shape index (κ2) is 11.1. The van der Waals surface area contributed by atoms with E-state index in [0.29, 0.717) is 37.3 Å². The summed E-state index contributed by atoms with van der Waals surface area (Å²) < 4.78 is 0. The number of likely N-dealkylation sites (tertiary alicyclic amines) is 1. The van der Waals surface area contributed by atoms with Crippen LogP contribution >= 0.6 is 12.4 Å². The van der Waals surface area contributed by atoms with Gasteiger partial charge < -0.3 is 4.90 Å². The summed E-state index contributed by atoms with van der Waals surface area (Å²) in [6.45, 7) is 1.02. The van der Waals surface area contributed by atoms with E-state index in [2.05, 4.69) is 11.1 Å². The Labute approximate surface area is 187 Å². The van der Waals surface area contributed by atoms with Crippen LogP contribution in [0.2, 0.25) is 0 Å². The van der Waals surface area contributed by atoms with Crippen molar-refractivity contribution in [3.63, 3.8) is 0 Å². The predicted molar refractivity (Wildman–Crippen MR) is 119 cm³/mol. The van der Waals surface area contributed by atoms with Crippen molar-refractivity contribution in [2.45, 2.75) is 18.3 Å². The first-order valence-corrected chi connectivity index (χ1v) is 9.59. The van der Waals surface area contributed by atoms with E-state index in [-0.39, 0.29) is 18.3 Å². The van der Waals surface area contributed by atoms with Gasteiger partial charge in [-0.25, -0.2) is 10.5 Å². The molecule has 0 unspecified atom stereocenters. The van der Waals surface area contributed by atoms with Crippen LogP contribution in [0.15, 0.2) is 60.7 Å². The van der Waals surface area contributed by atoms with Gasteiger partial charge in [-0.2, -0.15) is 5.26 Å². The average molecular weight is 439 g/mol. The number of nitrogens with one attached hydrogen (secondary N) is 1. The fourth-order valence-corrected chi connectivity index (χ4v) is 3.45. The SMILES string of the molecule is Cl.N#CC1(c2ccccc2)CCN(C(=O)C=Cc2cccc(C=CC(=O)NO)n2)CC1. The van der Waals surface area contributed by atoms with Crippen LogP contribution in [0, 0.1) is 11.3 Å². The molecule has 0 spiro atoms. The Hall–Kier alpha value is -3.47. The maximum atomic E-state index is 12.6. The minimum atomic E-state index is -0.651. The number of carbonyl (C=O) groups is 2. The molecule has 2 aromatic rings. The molecular formula is C23H23ClN4O3. The summed E-state index contributed by atoms with van der Waals surface area (Å²) in [4.78, 5) is 29.7. The highest BCUT2D eigenvalue weighted by Crippen LogP contribution is 2.34. The normalized spacial score (nSPS) is 15.3. The quantitative estimate of drug-likeness (QED) is 0.423. The summed E-state index contributed by atoms with van der Waals surface area (Å²) in [6, 6.07) is 17.4. The number of nitriles is 1. The number of piperidine rings is 1. The maximum Gasteiger partial charge on any atom is 0.267 e. The Bertz CT molecular complexity index is 1010. The number of halogens is 1. The van der Waals surface area contributed by atoms with Crippen LogP contribution in [0.1, 0.15) is 29.8 Å². The van der Waals surface area contributed by atoms with Crippen LogP contribution in [-0.2, 0) is 15.0 Å². The monoisotopic (exact) mass is 438 g/mol. The first kappa shape index (κ1) is 23.8. The molecule has 0 bridgehead atoms. The lowest BCUT2D eigenvalue weighted by Crippen LogP contribution is -2.44. The Morgan fingerprint density at radius 3 is 2.23 bits per heavy atom. The van der Waals surface area contributed by atoms with Crippen molar-refractivity contribution in [3.05, 3.63) is 77.6 Å². The molecule has 8 heteroatoms. The molecule has 7 nitrogen and oxygen atoms in total. The summed E-state index contributed by atoms with van der Waals surface area (Å²) in [5.41, 5.74) is 3.05. The lowest BCUT2D eigenvalue weighted by atomic mass is 9.74. The van der Waals surface area contributed by atoms with E-state index in [4.69, 9.17) is 5.21 Å². The molecule has 0 radical (unpaired) electrons. The molecule has 2 heterocycles. The minimum Gasteiger partial charge on any atom is -0.339 e. The van der Waals surface area contributed by atoms with Gasteiger partial charge >= 0.3 is 0 Å². The number of benzene rings is 1. The summed E-state index contributed by atoms with van der Waals surface area (Å²) in [7, 11) is 0. The largest absolute Gasteiger partial charge is 0.339 e. The highest BCUT2D eigenvalue weighted by molar-refractivity contribution is 5.92. The number of carbonyl (C=O) groups excluding carboxylic acids is 2. The number of pyridine rings is 1. The van der Waals surface area contributed by atoms with Gasteiger partial charge in [-0.15, -0.1) is 12.4 Å². The van der Waals surface area contributed by atoms with E-state index in [9.17, 15) is 14.9 Å². The van der Waals surface area contributed by atoms with Crippen LogP contribution in [0.4, 0.5) is 0 Å². The molecule has 0 saturated carbocycles. The van der Waals surface area contributed by atoms with Gasteiger partial charge in [-0.3, -0.25) is 14.8 Å². The molecule has 160 valence electrons. The second-order valence-corrected chi connectivity index (χ2v) is 7.02. The molecule has 1 fully saturated rings. The number of nitrogens with zero attached hydrogens (tertiary/aromatic N) is 3. The Morgan fingerprint density at radius 1 is 1.03 bits per heavy atom. The molecule has 1 aliphatic heterocycles. The Balaban J connectivity index is 0.00000341. The van der Waals surface area contributed by atoms with E-state index >= 15 is 0 Å². The highest BCUT2D eigenvalue weighted by Gasteiger charge is 2.37. The zero-order valence-corrected chi connectivity index (χ0v) is 17.6. The van der Waals surface area contributed by atoms with Gasteiger partial charge in [0, 0.05) is 25.2 Å². The summed E-state index contributed by atoms with van der Waals surface area (Å²) >= 11 is 0. The molecule has 1 aromatic heterocycles. The smallest absolute Gasteiger partial charge is 0.267 e. The van der Waals surface area contributed by atoms with Gasteiger partial charge in [0.05, 0.1) is 22.9 Å². The zero-order valence-electron chi connectivity index (χ0n) is 16.8. The van der Waals surface area contributed by atoms with Gasteiger partial charge in [0.25, 0.3) is 5.91 Å². The molecule has 1 aliphatic rings. The summed E-state index contributed by atoms with van der Waals surface area (Å²) in [5, 5.41) is 18.3. The third-order valence-corrected chi connectivity index (χ3v) is 5.17. The molecule has 3 rings (SSSR count). The number of hydroxylamine groups is 1. The second-order valence-electron chi connectivity index (χ2n) is 7.02. The molecule has 0 atom stereocenters. The fraction of sp³-hybridized carbons (Fsp3) is 0.217. The van der Waals surface area contributed by atoms with E-state index in [1.165, 1.54) is 17.6 Å². The number of aromatic nitrogens is 1. The predicted octanol–water partition coefficient (Wildman–Crippen LogP) is 3.12. The summed E-state index contributed by atoms with van der Waals surface area (Å²) in [6.07, 6.45) is 6.90. The number of hydrogen-bond donors (Lipinski definition) is 2. The standard InChI is InChI=1S/C23H22N4O3.ClH/c24-17-23(18-5-2-1-3-6-18)13-15-27(16-14-23)22(29)12-10-20-8-4-7-19(25-20)9-11-21(28)26-30;/h1-12,30H,13-16H2,(H,26,28);1H. The van der Waals surface area contributed by atoms with Crippen LogP contribution in [-0.4, -0.2) is 40.0 Å². The molecular weight excluding hydrogens is 416 g/mol. The van der Waals surface area contributed by atoms with Crippen molar-refractivity contribution in [1.29, 1.82) is 5.26 Å². The number of amides is 2. The molecule has 2 N–H and O–H groups in total. The molecule has 1 aromatic carbocycles. The lowest BCUT2D eigenvalue weighted by molar-refractivity contribution is -0.127. The van der Waals surface area contributed by atoms with Crippen LogP contribution in [0.5, 0.6) is 0 Å². The highest BCUT2D eigenvalue weighted by atomic mass is 35.5. The van der Waals surface area contributed by atoms with Gasteiger partial charge in [-0.1, -0.05) is 36.4 Å². The van der Waals surface area contributed by atoms with E-state index in [0.717, 1.165) is 11.6 Å². The van der Waals surface area contributed by atoms with Crippen molar-refractivity contribution >= 4 is 36.4 Å². The van der Waals surface area contributed by atoms with E-state index < -0.39 is 11.3 Å². The van der Waals surface area contributed by atoms with Crippen molar-refractivity contribution in [3.8, 4) is 6.07 Å². The lowest BCUT2D eigenvalue weighted by Gasteiger charge is -2.37. The first-order chi connectivity index (χ1) is 14.6. The number of hydrogen-bond acceptors (Lipinski definition) is 5. The zero-order chi connectivity index (χ0) is 21.4. The van der Waals surface area contributed by atoms with E-state index in [1.54, 1.807) is 29.2 Å². The average Bonchev–Trinajstić information content (AvgIpc) is 2.81. The maximum absolute atomic E-state index is 12.6. The van der Waals surface area contributed by atoms with Gasteiger partial charge in [0.2, 0.25) is 5.91 Å². The van der Waals surface area contributed by atoms with Crippen molar-refractivity contribution in [2.24, 2.45) is 0 Å². The fourth-order valence-electron chi connectivity index (χ4n) is 3.45. The molecule has 2 amide bonds. The third-order valence-electron chi connectivity index (χ3n) is 5.17. The van der Waals surface area contributed by atoms with E-state index in [1.807, 2.05) is 30.3 Å².